The minimum absolute atomic E-state index is 0.0555. The van der Waals surface area contributed by atoms with Crippen molar-refractivity contribution in [2.75, 3.05) is 6.61 Å². The number of halogens is 1. The van der Waals surface area contributed by atoms with Crippen molar-refractivity contribution in [1.29, 1.82) is 0 Å². The summed E-state index contributed by atoms with van der Waals surface area (Å²) in [7, 11) is 0. The van der Waals surface area contributed by atoms with Gasteiger partial charge in [-0.15, -0.1) is 0 Å². The first-order valence-corrected chi connectivity index (χ1v) is 5.91. The molecule has 3 nitrogen and oxygen atoms in total. The molecule has 1 unspecified atom stereocenters. The van der Waals surface area contributed by atoms with Crippen LogP contribution in [-0.4, -0.2) is 17.7 Å². The maximum atomic E-state index is 11.0. The number of aliphatic carboxylic acids is 1. The summed E-state index contributed by atoms with van der Waals surface area (Å²) in [6, 6.07) is 7.41. The highest BCUT2D eigenvalue weighted by Gasteiger charge is 2.22. The molecule has 0 fully saturated rings. The molecule has 0 aliphatic carbocycles. The van der Waals surface area contributed by atoms with Crippen LogP contribution in [-0.2, 0) is 4.79 Å². The summed E-state index contributed by atoms with van der Waals surface area (Å²) in [5, 5.41) is 9.00. The zero-order chi connectivity index (χ0) is 12.1. The Hall–Kier alpha value is -1.03. The van der Waals surface area contributed by atoms with E-state index in [1.54, 1.807) is 0 Å². The number of ether oxygens (including phenoxy) is 1. The van der Waals surface area contributed by atoms with Crippen LogP contribution in [0.1, 0.15) is 13.8 Å². The normalized spacial score (nSPS) is 12.5. The SMILES string of the molecule is CC(C)C(COc1ccccc1Br)C(=O)O. The highest BCUT2D eigenvalue weighted by molar-refractivity contribution is 9.10. The van der Waals surface area contributed by atoms with E-state index in [-0.39, 0.29) is 12.5 Å². The summed E-state index contributed by atoms with van der Waals surface area (Å²) in [5.41, 5.74) is 0. The molecule has 1 rings (SSSR count). The summed E-state index contributed by atoms with van der Waals surface area (Å²) < 4.78 is 6.33. The van der Waals surface area contributed by atoms with Gasteiger partial charge in [-0.1, -0.05) is 26.0 Å². The lowest BCUT2D eigenvalue weighted by Crippen LogP contribution is -2.26. The maximum absolute atomic E-state index is 11.0. The number of hydrogen-bond donors (Lipinski definition) is 1. The zero-order valence-corrected chi connectivity index (χ0v) is 10.9. The van der Waals surface area contributed by atoms with Crippen molar-refractivity contribution in [3.63, 3.8) is 0 Å². The van der Waals surface area contributed by atoms with Crippen LogP contribution in [0.3, 0.4) is 0 Å². The molecule has 4 heteroatoms. The second-order valence-electron chi connectivity index (χ2n) is 3.93. The van der Waals surface area contributed by atoms with E-state index >= 15 is 0 Å². The molecular weight excluding hydrogens is 272 g/mol. The van der Waals surface area contributed by atoms with Crippen LogP contribution in [0.4, 0.5) is 0 Å². The third-order valence-corrected chi connectivity index (χ3v) is 3.03. The van der Waals surface area contributed by atoms with Crippen molar-refractivity contribution in [2.45, 2.75) is 13.8 Å². The molecule has 1 atom stereocenters. The summed E-state index contributed by atoms with van der Waals surface area (Å²) >= 11 is 3.35. The summed E-state index contributed by atoms with van der Waals surface area (Å²) in [6.07, 6.45) is 0. The third kappa shape index (κ3) is 3.52. The van der Waals surface area contributed by atoms with Crippen LogP contribution >= 0.6 is 15.9 Å². The Kier molecular flexibility index (Phi) is 4.80. The fourth-order valence-corrected chi connectivity index (χ4v) is 1.69. The van der Waals surface area contributed by atoms with Crippen molar-refractivity contribution in [3.8, 4) is 5.75 Å². The Morgan fingerprint density at radius 3 is 2.56 bits per heavy atom. The van der Waals surface area contributed by atoms with E-state index < -0.39 is 11.9 Å². The van der Waals surface area contributed by atoms with Gasteiger partial charge in [-0.05, 0) is 34.0 Å². The first-order chi connectivity index (χ1) is 7.52. The zero-order valence-electron chi connectivity index (χ0n) is 9.31. The number of rotatable bonds is 5. The topological polar surface area (TPSA) is 46.5 Å². The van der Waals surface area contributed by atoms with Crippen LogP contribution in [0.25, 0.3) is 0 Å². The molecule has 0 aliphatic heterocycles. The molecule has 1 aromatic rings. The van der Waals surface area contributed by atoms with Crippen LogP contribution in [0.2, 0.25) is 0 Å². The molecular formula is C12H15BrO3. The summed E-state index contributed by atoms with van der Waals surface area (Å²) in [5.74, 6) is -0.566. The number of benzene rings is 1. The lowest BCUT2D eigenvalue weighted by atomic mass is 9.97. The van der Waals surface area contributed by atoms with E-state index in [1.165, 1.54) is 0 Å². The Morgan fingerprint density at radius 1 is 1.44 bits per heavy atom. The van der Waals surface area contributed by atoms with Crippen molar-refractivity contribution in [2.24, 2.45) is 11.8 Å². The van der Waals surface area contributed by atoms with Crippen molar-refractivity contribution >= 4 is 21.9 Å². The molecule has 0 amide bonds. The van der Waals surface area contributed by atoms with E-state index in [2.05, 4.69) is 15.9 Å². The van der Waals surface area contributed by atoms with Crippen molar-refractivity contribution in [1.82, 2.24) is 0 Å². The van der Waals surface area contributed by atoms with Crippen LogP contribution in [0.5, 0.6) is 5.75 Å². The van der Waals surface area contributed by atoms with E-state index in [9.17, 15) is 4.79 Å². The van der Waals surface area contributed by atoms with E-state index in [0.29, 0.717) is 5.75 Å². The van der Waals surface area contributed by atoms with Gasteiger partial charge in [0.25, 0.3) is 0 Å². The van der Waals surface area contributed by atoms with Gasteiger partial charge >= 0.3 is 5.97 Å². The van der Waals surface area contributed by atoms with Crippen LogP contribution in [0, 0.1) is 11.8 Å². The fourth-order valence-electron chi connectivity index (χ4n) is 1.29. The summed E-state index contributed by atoms with van der Waals surface area (Å²) in [4.78, 5) is 11.0. The number of carboxylic acid groups (broad SMARTS) is 1. The lowest BCUT2D eigenvalue weighted by molar-refractivity contribution is -0.144. The molecule has 1 aromatic carbocycles. The minimum Gasteiger partial charge on any atom is -0.491 e. The first kappa shape index (κ1) is 13.0. The fraction of sp³-hybridized carbons (Fsp3) is 0.417. The predicted molar refractivity (Wildman–Crippen MR) is 65.6 cm³/mol. The second-order valence-corrected chi connectivity index (χ2v) is 4.78. The predicted octanol–water partition coefficient (Wildman–Crippen LogP) is 3.18. The Morgan fingerprint density at radius 2 is 2.06 bits per heavy atom. The van der Waals surface area contributed by atoms with E-state index in [0.717, 1.165) is 4.47 Å². The Bertz CT molecular complexity index is 363. The van der Waals surface area contributed by atoms with Crippen molar-refractivity contribution < 1.29 is 14.6 Å². The molecule has 0 saturated heterocycles. The highest BCUT2D eigenvalue weighted by atomic mass is 79.9. The second kappa shape index (κ2) is 5.89. The van der Waals surface area contributed by atoms with Gasteiger partial charge in [0.15, 0.2) is 0 Å². The average Bonchev–Trinajstić information content (AvgIpc) is 2.20. The lowest BCUT2D eigenvalue weighted by Gasteiger charge is -2.17. The number of hydrogen-bond acceptors (Lipinski definition) is 2. The third-order valence-electron chi connectivity index (χ3n) is 2.38. The van der Waals surface area contributed by atoms with Gasteiger partial charge < -0.3 is 9.84 Å². The molecule has 0 bridgehead atoms. The van der Waals surface area contributed by atoms with Gasteiger partial charge in [-0.2, -0.15) is 0 Å². The van der Waals surface area contributed by atoms with E-state index in [1.807, 2.05) is 38.1 Å². The Labute approximate surface area is 104 Å². The molecule has 0 heterocycles. The largest absolute Gasteiger partial charge is 0.491 e. The minimum atomic E-state index is -0.818. The molecule has 88 valence electrons. The standard InChI is InChI=1S/C12H15BrO3/c1-8(2)9(12(14)15)7-16-11-6-4-3-5-10(11)13/h3-6,8-9H,7H2,1-2H3,(H,14,15). The molecule has 0 radical (unpaired) electrons. The van der Waals surface area contributed by atoms with Crippen LogP contribution in [0.15, 0.2) is 28.7 Å². The van der Waals surface area contributed by atoms with Crippen molar-refractivity contribution in [3.05, 3.63) is 28.7 Å². The molecule has 0 aliphatic rings. The van der Waals surface area contributed by atoms with Gasteiger partial charge in [-0.3, -0.25) is 4.79 Å². The van der Waals surface area contributed by atoms with Gasteiger partial charge in [0.2, 0.25) is 0 Å². The number of carbonyl (C=O) groups is 1. The monoisotopic (exact) mass is 286 g/mol. The first-order valence-electron chi connectivity index (χ1n) is 5.12. The molecule has 16 heavy (non-hydrogen) atoms. The molecule has 1 N–H and O–H groups in total. The van der Waals surface area contributed by atoms with Gasteiger partial charge in [0.1, 0.15) is 12.4 Å². The molecule has 0 saturated carbocycles. The van der Waals surface area contributed by atoms with Crippen LogP contribution < -0.4 is 4.74 Å². The number of para-hydroxylation sites is 1. The number of carboxylic acids is 1. The highest BCUT2D eigenvalue weighted by Crippen LogP contribution is 2.25. The van der Waals surface area contributed by atoms with Gasteiger partial charge in [-0.25, -0.2) is 0 Å². The van der Waals surface area contributed by atoms with Gasteiger partial charge in [0, 0.05) is 0 Å². The van der Waals surface area contributed by atoms with Gasteiger partial charge in [0.05, 0.1) is 10.4 Å². The molecule has 0 spiro atoms. The van der Waals surface area contributed by atoms with E-state index in [4.69, 9.17) is 9.84 Å². The quantitative estimate of drug-likeness (QED) is 0.904. The summed E-state index contributed by atoms with van der Waals surface area (Å²) in [6.45, 7) is 3.94. The smallest absolute Gasteiger partial charge is 0.310 e. The molecule has 0 aromatic heterocycles. The Balaban J connectivity index is 2.63. The average molecular weight is 287 g/mol. The maximum Gasteiger partial charge on any atom is 0.310 e.